The number of carbonyl (C=O) groups is 2. The van der Waals surface area contributed by atoms with Crippen LogP contribution in [0, 0.1) is 0 Å². The van der Waals surface area contributed by atoms with Crippen molar-refractivity contribution in [2.45, 2.75) is 31.7 Å². The summed E-state index contributed by atoms with van der Waals surface area (Å²) >= 11 is 0. The van der Waals surface area contributed by atoms with E-state index in [-0.39, 0.29) is 34.9 Å². The van der Waals surface area contributed by atoms with Gasteiger partial charge < -0.3 is 20.4 Å². The molecule has 0 atom stereocenters. The van der Waals surface area contributed by atoms with Gasteiger partial charge in [0, 0.05) is 37.2 Å². The molecule has 0 radical (unpaired) electrons. The molecule has 27 heavy (non-hydrogen) atoms. The van der Waals surface area contributed by atoms with E-state index in [9.17, 15) is 19.8 Å². The molecule has 0 spiro atoms. The van der Waals surface area contributed by atoms with Crippen LogP contribution in [0.1, 0.15) is 35.2 Å². The number of phenols is 2. The maximum Gasteiger partial charge on any atom is 0.254 e. The Balaban J connectivity index is 1.45. The fraction of sp³-hybridized carbons (Fsp3) is 0.333. The highest BCUT2D eigenvalue weighted by Crippen LogP contribution is 2.22. The van der Waals surface area contributed by atoms with Crippen molar-refractivity contribution in [3.8, 4) is 11.5 Å². The first-order valence-corrected chi connectivity index (χ1v) is 9.17. The van der Waals surface area contributed by atoms with Crippen molar-refractivity contribution in [1.29, 1.82) is 0 Å². The molecule has 2 aromatic carbocycles. The lowest BCUT2D eigenvalue weighted by atomic mass is 10.0. The van der Waals surface area contributed by atoms with E-state index in [1.165, 1.54) is 18.2 Å². The van der Waals surface area contributed by atoms with Gasteiger partial charge in [0.15, 0.2) is 0 Å². The predicted molar refractivity (Wildman–Crippen MR) is 102 cm³/mol. The van der Waals surface area contributed by atoms with Crippen LogP contribution in [0.25, 0.3) is 0 Å². The van der Waals surface area contributed by atoms with Gasteiger partial charge in [-0.15, -0.1) is 0 Å². The molecule has 0 saturated carbocycles. The van der Waals surface area contributed by atoms with Crippen LogP contribution in [-0.4, -0.2) is 46.1 Å². The van der Waals surface area contributed by atoms with Crippen molar-refractivity contribution in [3.63, 3.8) is 0 Å². The lowest BCUT2D eigenvalue weighted by molar-refractivity contribution is -0.122. The Morgan fingerprint density at radius 3 is 2.26 bits per heavy atom. The summed E-state index contributed by atoms with van der Waals surface area (Å²) in [5, 5.41) is 22.1. The van der Waals surface area contributed by atoms with E-state index in [0.29, 0.717) is 38.8 Å². The number of carbonyl (C=O) groups excluding carboxylic acids is 2. The molecule has 1 saturated heterocycles. The van der Waals surface area contributed by atoms with Gasteiger partial charge in [0.1, 0.15) is 11.5 Å². The van der Waals surface area contributed by atoms with Crippen LogP contribution in [0.3, 0.4) is 0 Å². The third-order valence-electron chi connectivity index (χ3n) is 4.78. The van der Waals surface area contributed by atoms with Crippen molar-refractivity contribution in [1.82, 2.24) is 10.2 Å². The number of piperidine rings is 1. The number of hydrogen-bond donors (Lipinski definition) is 3. The zero-order valence-electron chi connectivity index (χ0n) is 15.1. The van der Waals surface area contributed by atoms with Crippen LogP contribution in [0.5, 0.6) is 11.5 Å². The first-order chi connectivity index (χ1) is 13.0. The Bertz CT molecular complexity index is 779. The molecule has 6 nitrogen and oxygen atoms in total. The molecule has 1 aliphatic rings. The molecule has 3 N–H and O–H groups in total. The normalized spacial score (nSPS) is 14.7. The maximum absolute atomic E-state index is 12.5. The molecular formula is C21H24N2O4. The second-order valence-electron chi connectivity index (χ2n) is 6.86. The smallest absolute Gasteiger partial charge is 0.254 e. The van der Waals surface area contributed by atoms with Gasteiger partial charge in [0.25, 0.3) is 5.91 Å². The second kappa shape index (κ2) is 8.58. The Morgan fingerprint density at radius 1 is 1.00 bits per heavy atom. The number of phenolic OH excluding ortho intramolecular Hbond substituents is 2. The number of aromatic hydroxyl groups is 2. The fourth-order valence-corrected chi connectivity index (χ4v) is 3.33. The summed E-state index contributed by atoms with van der Waals surface area (Å²) in [6.07, 6.45) is 2.54. The Morgan fingerprint density at radius 2 is 1.63 bits per heavy atom. The molecule has 1 aliphatic heterocycles. The van der Waals surface area contributed by atoms with Crippen molar-refractivity contribution in [3.05, 3.63) is 59.7 Å². The molecule has 1 heterocycles. The van der Waals surface area contributed by atoms with Crippen LogP contribution in [0.15, 0.2) is 48.5 Å². The molecule has 3 rings (SSSR count). The zero-order valence-corrected chi connectivity index (χ0v) is 15.1. The number of amides is 2. The number of likely N-dealkylation sites (tertiary alicyclic amines) is 1. The fourth-order valence-electron chi connectivity index (χ4n) is 3.33. The Hall–Kier alpha value is -3.02. The molecule has 1 fully saturated rings. The van der Waals surface area contributed by atoms with E-state index < -0.39 is 0 Å². The van der Waals surface area contributed by atoms with E-state index in [4.69, 9.17) is 0 Å². The van der Waals surface area contributed by atoms with Crippen molar-refractivity contribution in [2.24, 2.45) is 0 Å². The average Bonchev–Trinajstić information content (AvgIpc) is 2.66. The molecule has 142 valence electrons. The summed E-state index contributed by atoms with van der Waals surface area (Å²) < 4.78 is 0. The summed E-state index contributed by atoms with van der Waals surface area (Å²) in [6, 6.07) is 13.9. The molecule has 0 aliphatic carbocycles. The molecule has 2 aromatic rings. The highest BCUT2D eigenvalue weighted by molar-refractivity contribution is 5.95. The monoisotopic (exact) mass is 368 g/mol. The highest BCUT2D eigenvalue weighted by atomic mass is 16.3. The third-order valence-corrected chi connectivity index (χ3v) is 4.78. The standard InChI is InChI=1S/C21H24N2O4/c24-18-12-16(13-19(25)14-18)21(27)23-10-8-17(9-11-23)22-20(26)7-6-15-4-2-1-3-5-15/h1-5,12-14,17,24-25H,6-11H2,(H,22,26). The van der Waals surface area contributed by atoms with Gasteiger partial charge >= 0.3 is 0 Å². The molecule has 0 aromatic heterocycles. The summed E-state index contributed by atoms with van der Waals surface area (Å²) in [5.74, 6) is -0.477. The summed E-state index contributed by atoms with van der Waals surface area (Å²) in [5.41, 5.74) is 1.40. The van der Waals surface area contributed by atoms with Crippen molar-refractivity contribution < 1.29 is 19.8 Å². The quantitative estimate of drug-likeness (QED) is 0.756. The number of aryl methyl sites for hydroxylation is 1. The van der Waals surface area contributed by atoms with Gasteiger partial charge in [-0.3, -0.25) is 9.59 Å². The van der Waals surface area contributed by atoms with Crippen LogP contribution in [0.4, 0.5) is 0 Å². The molecular weight excluding hydrogens is 344 g/mol. The number of rotatable bonds is 5. The van der Waals surface area contributed by atoms with Crippen molar-refractivity contribution in [2.75, 3.05) is 13.1 Å². The largest absolute Gasteiger partial charge is 0.508 e. The molecule has 6 heteroatoms. The van der Waals surface area contributed by atoms with Gasteiger partial charge in [-0.2, -0.15) is 0 Å². The highest BCUT2D eigenvalue weighted by Gasteiger charge is 2.25. The predicted octanol–water partition coefficient (Wildman–Crippen LogP) is 2.45. The minimum atomic E-state index is -0.227. The first kappa shape index (κ1) is 18.8. The van der Waals surface area contributed by atoms with Gasteiger partial charge in [-0.05, 0) is 37.0 Å². The van der Waals surface area contributed by atoms with E-state index in [1.54, 1.807) is 4.90 Å². The minimum Gasteiger partial charge on any atom is -0.508 e. The molecule has 0 unspecified atom stereocenters. The van der Waals surface area contributed by atoms with E-state index >= 15 is 0 Å². The van der Waals surface area contributed by atoms with Crippen LogP contribution in [-0.2, 0) is 11.2 Å². The average molecular weight is 368 g/mol. The molecule has 2 amide bonds. The Kier molecular flexibility index (Phi) is 5.96. The van der Waals surface area contributed by atoms with Gasteiger partial charge in [-0.1, -0.05) is 30.3 Å². The van der Waals surface area contributed by atoms with Crippen LogP contribution in [0.2, 0.25) is 0 Å². The summed E-state index contributed by atoms with van der Waals surface area (Å²) in [4.78, 5) is 26.3. The number of nitrogens with one attached hydrogen (secondary N) is 1. The summed E-state index contributed by atoms with van der Waals surface area (Å²) in [7, 11) is 0. The van der Waals surface area contributed by atoms with Gasteiger partial charge in [-0.25, -0.2) is 0 Å². The minimum absolute atomic E-state index is 0.0292. The lowest BCUT2D eigenvalue weighted by Crippen LogP contribution is -2.46. The number of nitrogens with zero attached hydrogens (tertiary/aromatic N) is 1. The number of benzene rings is 2. The van der Waals surface area contributed by atoms with Crippen LogP contribution < -0.4 is 5.32 Å². The van der Waals surface area contributed by atoms with Crippen molar-refractivity contribution >= 4 is 11.8 Å². The first-order valence-electron chi connectivity index (χ1n) is 9.17. The Labute approximate surface area is 158 Å². The summed E-state index contributed by atoms with van der Waals surface area (Å²) in [6.45, 7) is 1.05. The zero-order chi connectivity index (χ0) is 19.2. The van der Waals surface area contributed by atoms with Gasteiger partial charge in [0.05, 0.1) is 0 Å². The molecule has 0 bridgehead atoms. The second-order valence-corrected chi connectivity index (χ2v) is 6.86. The lowest BCUT2D eigenvalue weighted by Gasteiger charge is -2.32. The van der Waals surface area contributed by atoms with E-state index in [2.05, 4.69) is 5.32 Å². The van der Waals surface area contributed by atoms with Gasteiger partial charge in [0.2, 0.25) is 5.91 Å². The van der Waals surface area contributed by atoms with E-state index in [1.807, 2.05) is 30.3 Å². The van der Waals surface area contributed by atoms with E-state index in [0.717, 1.165) is 5.56 Å². The number of hydrogen-bond acceptors (Lipinski definition) is 4. The van der Waals surface area contributed by atoms with Crippen LogP contribution >= 0.6 is 0 Å². The SMILES string of the molecule is O=C(CCc1ccccc1)NC1CCN(C(=O)c2cc(O)cc(O)c2)CC1. The third kappa shape index (κ3) is 5.23. The topological polar surface area (TPSA) is 89.9 Å². The maximum atomic E-state index is 12.5.